The van der Waals surface area contributed by atoms with Crippen molar-refractivity contribution in [1.82, 2.24) is 0 Å². The molecule has 5 aromatic carbocycles. The largest absolute Gasteiger partial charge is 0.398 e. The fourth-order valence-electron chi connectivity index (χ4n) is 7.06. The van der Waals surface area contributed by atoms with Crippen molar-refractivity contribution in [2.24, 2.45) is 5.90 Å². The molecule has 0 aliphatic carbocycles. The van der Waals surface area contributed by atoms with Gasteiger partial charge in [0.25, 0.3) is 30.4 Å². The number of anilines is 1. The Morgan fingerprint density at radius 3 is 1.46 bits per heavy atom. The molecule has 0 heterocycles. The van der Waals surface area contributed by atoms with Crippen LogP contribution in [0.4, 0.5) is 5.69 Å². The molecule has 52 heavy (non-hydrogen) atoms. The first-order valence-corrected chi connectivity index (χ1v) is 20.4. The van der Waals surface area contributed by atoms with Crippen molar-refractivity contribution in [2.75, 3.05) is 5.73 Å². The first-order valence-electron chi connectivity index (χ1n) is 16.1. The third kappa shape index (κ3) is 7.27. The second kappa shape index (κ2) is 14.9. The lowest BCUT2D eigenvalue weighted by Crippen LogP contribution is -2.40. The standard InChI is InChI=1S/C37H38N2O10S3/c1-3-27-28(4-2)34(38)33(30(23-25-16-10-6-11-17-25)29(27)22-24-14-8-5-9-15-24)37(49-39,26-18-12-7-13-19-26)31-20-21-32(50(40,41)42)36(52(46,47)48)35(31)51(43,44)45/h5-21H,3-4,22-23,38-39H2,1-2H3,(H,40,41,42)(H,43,44,45)(H,46,47,48). The van der Waals surface area contributed by atoms with E-state index in [1.54, 1.807) is 18.2 Å². The van der Waals surface area contributed by atoms with Crippen LogP contribution in [-0.2, 0) is 66.5 Å². The van der Waals surface area contributed by atoms with Gasteiger partial charge in [0.2, 0.25) is 0 Å². The molecule has 0 saturated heterocycles. The molecule has 0 spiro atoms. The number of benzene rings is 5. The summed E-state index contributed by atoms with van der Waals surface area (Å²) in [6, 6.07) is 28.0. The Morgan fingerprint density at radius 2 is 1.04 bits per heavy atom. The molecule has 0 saturated carbocycles. The van der Waals surface area contributed by atoms with E-state index in [1.165, 1.54) is 12.1 Å². The highest BCUT2D eigenvalue weighted by molar-refractivity contribution is 7.90. The molecule has 0 radical (unpaired) electrons. The zero-order chi connectivity index (χ0) is 38.1. The molecular weight excluding hydrogens is 729 g/mol. The molecule has 1 unspecified atom stereocenters. The van der Waals surface area contributed by atoms with Gasteiger partial charge in [0.15, 0.2) is 5.60 Å². The Kier molecular flexibility index (Phi) is 11.1. The maximum atomic E-state index is 13.4. The van der Waals surface area contributed by atoms with Crippen molar-refractivity contribution >= 4 is 36.0 Å². The molecule has 0 aromatic heterocycles. The summed E-state index contributed by atoms with van der Waals surface area (Å²) in [5.74, 6) is 6.28. The van der Waals surface area contributed by atoms with Crippen LogP contribution in [0.25, 0.3) is 0 Å². The van der Waals surface area contributed by atoms with Gasteiger partial charge in [-0.05, 0) is 70.7 Å². The number of hydrogen-bond donors (Lipinski definition) is 5. The van der Waals surface area contributed by atoms with E-state index in [1.807, 2.05) is 74.5 Å². The predicted molar refractivity (Wildman–Crippen MR) is 196 cm³/mol. The second-order valence-electron chi connectivity index (χ2n) is 12.1. The molecule has 0 fully saturated rings. The number of nitrogens with two attached hydrogens (primary N) is 2. The molecule has 1 atom stereocenters. The van der Waals surface area contributed by atoms with Gasteiger partial charge in [-0.2, -0.15) is 25.3 Å². The van der Waals surface area contributed by atoms with Gasteiger partial charge in [-0.25, -0.2) is 5.90 Å². The van der Waals surface area contributed by atoms with Crippen LogP contribution < -0.4 is 11.6 Å². The summed E-state index contributed by atoms with van der Waals surface area (Å²) < 4.78 is 109. The van der Waals surface area contributed by atoms with Gasteiger partial charge < -0.3 is 5.73 Å². The van der Waals surface area contributed by atoms with Crippen molar-refractivity contribution in [3.05, 3.63) is 153 Å². The normalized spacial score (nSPS) is 13.5. The fourth-order valence-corrected chi connectivity index (χ4v) is 10.5. The van der Waals surface area contributed by atoms with Crippen LogP contribution >= 0.6 is 0 Å². The average molecular weight is 767 g/mol. The van der Waals surface area contributed by atoms with Crippen LogP contribution in [0.5, 0.6) is 0 Å². The Balaban J connectivity index is 2.14. The molecule has 0 aliphatic heterocycles. The van der Waals surface area contributed by atoms with Gasteiger partial charge in [-0.1, -0.05) is 111 Å². The van der Waals surface area contributed by atoms with E-state index in [0.717, 1.165) is 28.3 Å². The van der Waals surface area contributed by atoms with E-state index in [0.29, 0.717) is 36.5 Å². The van der Waals surface area contributed by atoms with Gasteiger partial charge >= 0.3 is 0 Å². The highest BCUT2D eigenvalue weighted by Gasteiger charge is 2.48. The zero-order valence-corrected chi connectivity index (χ0v) is 30.7. The summed E-state index contributed by atoms with van der Waals surface area (Å²) in [6.07, 6.45) is 1.46. The summed E-state index contributed by atoms with van der Waals surface area (Å²) in [5, 5.41) is 0. The highest BCUT2D eigenvalue weighted by Crippen LogP contribution is 2.51. The minimum atomic E-state index is -5.83. The maximum absolute atomic E-state index is 13.4. The van der Waals surface area contributed by atoms with Crippen molar-refractivity contribution < 1.29 is 43.7 Å². The van der Waals surface area contributed by atoms with Gasteiger partial charge in [-0.15, -0.1) is 0 Å². The van der Waals surface area contributed by atoms with Crippen LogP contribution in [0.15, 0.2) is 118 Å². The Labute approximate surface area is 303 Å². The van der Waals surface area contributed by atoms with Crippen molar-refractivity contribution in [2.45, 2.75) is 59.8 Å². The second-order valence-corrected chi connectivity index (χ2v) is 16.2. The van der Waals surface area contributed by atoms with Crippen LogP contribution in [-0.4, -0.2) is 38.9 Å². The van der Waals surface area contributed by atoms with Crippen LogP contribution in [0, 0.1) is 0 Å². The van der Waals surface area contributed by atoms with E-state index in [2.05, 4.69) is 0 Å². The molecule has 0 aliphatic rings. The summed E-state index contributed by atoms with van der Waals surface area (Å²) in [6.45, 7) is 3.85. The summed E-state index contributed by atoms with van der Waals surface area (Å²) >= 11 is 0. The van der Waals surface area contributed by atoms with E-state index in [4.69, 9.17) is 16.5 Å². The maximum Gasteiger partial charge on any atom is 0.297 e. The number of hydrogen-bond acceptors (Lipinski definition) is 9. The minimum absolute atomic E-state index is 0.0934. The molecule has 274 valence electrons. The van der Waals surface area contributed by atoms with Crippen LogP contribution in [0.2, 0.25) is 0 Å². The van der Waals surface area contributed by atoms with E-state index >= 15 is 0 Å². The van der Waals surface area contributed by atoms with Crippen LogP contribution in [0.3, 0.4) is 0 Å². The topological polar surface area (TPSA) is 224 Å². The summed E-state index contributed by atoms with van der Waals surface area (Å²) in [7, 11) is -17.2. The minimum Gasteiger partial charge on any atom is -0.398 e. The summed E-state index contributed by atoms with van der Waals surface area (Å²) in [5.41, 5.74) is 8.97. The fraction of sp³-hybridized carbons (Fsp3) is 0.189. The molecular formula is C37H38N2O10S3. The lowest BCUT2D eigenvalue weighted by atomic mass is 9.72. The molecule has 7 N–H and O–H groups in total. The van der Waals surface area contributed by atoms with Crippen molar-refractivity contribution in [3.63, 3.8) is 0 Å². The van der Waals surface area contributed by atoms with E-state index in [9.17, 15) is 38.9 Å². The van der Waals surface area contributed by atoms with E-state index < -0.39 is 56.2 Å². The lowest BCUT2D eigenvalue weighted by Gasteiger charge is -2.39. The highest BCUT2D eigenvalue weighted by atomic mass is 32.2. The predicted octanol–water partition coefficient (Wildman–Crippen LogP) is 5.50. The van der Waals surface area contributed by atoms with Gasteiger partial charge in [0, 0.05) is 16.8 Å². The van der Waals surface area contributed by atoms with Crippen molar-refractivity contribution in [3.8, 4) is 0 Å². The smallest absolute Gasteiger partial charge is 0.297 e. The van der Waals surface area contributed by atoms with Crippen molar-refractivity contribution in [1.29, 1.82) is 0 Å². The summed E-state index contributed by atoms with van der Waals surface area (Å²) in [4.78, 5) is 1.01. The Hall–Kier alpha value is -4.45. The molecule has 0 amide bonds. The quantitative estimate of drug-likeness (QED) is 0.0434. The van der Waals surface area contributed by atoms with E-state index in [-0.39, 0.29) is 23.2 Å². The molecule has 12 nitrogen and oxygen atoms in total. The molecule has 5 rings (SSSR count). The lowest BCUT2D eigenvalue weighted by molar-refractivity contribution is 0.00910. The third-order valence-corrected chi connectivity index (χ3v) is 12.1. The molecule has 0 bridgehead atoms. The molecule has 5 aromatic rings. The first-order chi connectivity index (χ1) is 24.5. The first kappa shape index (κ1) is 38.8. The number of rotatable bonds is 13. The van der Waals surface area contributed by atoms with Crippen LogP contribution in [0.1, 0.15) is 63.9 Å². The zero-order valence-electron chi connectivity index (χ0n) is 28.2. The monoisotopic (exact) mass is 766 g/mol. The average Bonchev–Trinajstić information content (AvgIpc) is 3.10. The Morgan fingerprint density at radius 1 is 0.577 bits per heavy atom. The SMILES string of the molecule is CCc1c(N)c(C(ON)(c2ccccc2)c2ccc(S(=O)(=O)O)c(S(=O)(=O)O)c2S(=O)(=O)O)c(Cc2ccccc2)c(Cc2ccccc2)c1CC. The van der Waals surface area contributed by atoms with Gasteiger partial charge in [0.05, 0.1) is 0 Å². The number of nitrogen functional groups attached to an aromatic ring is 1. The molecule has 15 heteroatoms. The van der Waals surface area contributed by atoms with Gasteiger partial charge in [-0.3, -0.25) is 18.5 Å². The van der Waals surface area contributed by atoms with Gasteiger partial charge in [0.1, 0.15) is 14.7 Å². The third-order valence-electron chi connectivity index (χ3n) is 9.10. The Bertz CT molecular complexity index is 2440.